The summed E-state index contributed by atoms with van der Waals surface area (Å²) in [5.74, 6) is -0.109. The highest BCUT2D eigenvalue weighted by Gasteiger charge is 2.39. The lowest BCUT2D eigenvalue weighted by molar-refractivity contribution is -0.137. The first-order chi connectivity index (χ1) is 12.6. The highest BCUT2D eigenvalue weighted by molar-refractivity contribution is 5.97. The third kappa shape index (κ3) is 3.18. The molecule has 0 atom stereocenters. The van der Waals surface area contributed by atoms with E-state index in [1.54, 1.807) is 13.0 Å². The van der Waals surface area contributed by atoms with Crippen LogP contribution in [-0.2, 0) is 6.18 Å². The van der Waals surface area contributed by atoms with E-state index in [0.29, 0.717) is 35.7 Å². The standard InChI is InChI=1S/C18H16F3N3O3/c1-17(26)7-10(8-17)22-16-12-4-5-27-15(12)14(23-24-16)11-3-2-9(6-13(11)25)18(19,20)21/h2-6,10,25-26H,7-8H2,1H3,(H,22,24). The predicted molar refractivity (Wildman–Crippen MR) is 91.2 cm³/mol. The van der Waals surface area contributed by atoms with Crippen molar-refractivity contribution in [1.29, 1.82) is 0 Å². The Bertz CT molecular complexity index is 1010. The number of phenolic OH excluding ortho intramolecular Hbond substituents is 1. The van der Waals surface area contributed by atoms with Gasteiger partial charge < -0.3 is 19.9 Å². The van der Waals surface area contributed by atoms with E-state index >= 15 is 0 Å². The molecule has 1 aromatic carbocycles. The number of aliphatic hydroxyl groups is 1. The summed E-state index contributed by atoms with van der Waals surface area (Å²) in [5, 5.41) is 31.8. The summed E-state index contributed by atoms with van der Waals surface area (Å²) >= 11 is 0. The highest BCUT2D eigenvalue weighted by atomic mass is 19.4. The van der Waals surface area contributed by atoms with Crippen LogP contribution in [-0.4, -0.2) is 32.1 Å². The molecule has 0 aliphatic heterocycles. The van der Waals surface area contributed by atoms with Crippen LogP contribution < -0.4 is 5.32 Å². The molecule has 27 heavy (non-hydrogen) atoms. The zero-order valence-electron chi connectivity index (χ0n) is 14.2. The van der Waals surface area contributed by atoms with Gasteiger partial charge in [0.15, 0.2) is 11.4 Å². The maximum Gasteiger partial charge on any atom is 0.416 e. The molecule has 3 aromatic rings. The highest BCUT2D eigenvalue weighted by Crippen LogP contribution is 2.40. The van der Waals surface area contributed by atoms with Crippen LogP contribution in [0.3, 0.4) is 0 Å². The van der Waals surface area contributed by atoms with Gasteiger partial charge in [-0.2, -0.15) is 13.2 Å². The van der Waals surface area contributed by atoms with Crippen LogP contribution in [0.5, 0.6) is 5.75 Å². The average Bonchev–Trinajstić information content (AvgIpc) is 3.03. The molecule has 0 unspecified atom stereocenters. The van der Waals surface area contributed by atoms with Gasteiger partial charge in [-0.05, 0) is 44.0 Å². The van der Waals surface area contributed by atoms with Crippen LogP contribution in [0.2, 0.25) is 0 Å². The molecule has 0 saturated heterocycles. The van der Waals surface area contributed by atoms with Crippen molar-refractivity contribution in [2.75, 3.05) is 5.32 Å². The molecule has 1 aliphatic rings. The number of furan rings is 1. The first-order valence-corrected chi connectivity index (χ1v) is 8.27. The number of hydrogen-bond acceptors (Lipinski definition) is 6. The van der Waals surface area contributed by atoms with Gasteiger partial charge in [0.1, 0.15) is 11.4 Å². The minimum absolute atomic E-state index is 0.0396. The van der Waals surface area contributed by atoms with E-state index in [9.17, 15) is 23.4 Å². The van der Waals surface area contributed by atoms with Crippen LogP contribution in [0, 0.1) is 0 Å². The van der Waals surface area contributed by atoms with Crippen LogP contribution in [0.25, 0.3) is 22.2 Å². The van der Waals surface area contributed by atoms with Gasteiger partial charge >= 0.3 is 6.18 Å². The van der Waals surface area contributed by atoms with E-state index in [-0.39, 0.29) is 17.3 Å². The van der Waals surface area contributed by atoms with Gasteiger partial charge in [-0.15, -0.1) is 10.2 Å². The molecule has 9 heteroatoms. The van der Waals surface area contributed by atoms with Gasteiger partial charge in [0, 0.05) is 11.6 Å². The third-order valence-corrected chi connectivity index (χ3v) is 4.68. The Labute approximate surface area is 151 Å². The van der Waals surface area contributed by atoms with Gasteiger partial charge in [-0.3, -0.25) is 0 Å². The third-order valence-electron chi connectivity index (χ3n) is 4.68. The molecule has 6 nitrogen and oxygen atoms in total. The number of halogens is 3. The van der Waals surface area contributed by atoms with Crippen molar-refractivity contribution in [2.45, 2.75) is 37.6 Å². The molecule has 0 amide bonds. The van der Waals surface area contributed by atoms with Crippen molar-refractivity contribution in [3.05, 3.63) is 36.1 Å². The van der Waals surface area contributed by atoms with Gasteiger partial charge in [-0.25, -0.2) is 0 Å². The van der Waals surface area contributed by atoms with Crippen molar-refractivity contribution >= 4 is 16.8 Å². The molecular formula is C18H16F3N3O3. The smallest absolute Gasteiger partial charge is 0.416 e. The number of nitrogens with zero attached hydrogens (tertiary/aromatic N) is 2. The summed E-state index contributed by atoms with van der Waals surface area (Å²) in [6, 6.07) is 4.36. The molecule has 0 bridgehead atoms. The quantitative estimate of drug-likeness (QED) is 0.639. The van der Waals surface area contributed by atoms with Gasteiger partial charge in [0.05, 0.1) is 22.8 Å². The lowest BCUT2D eigenvalue weighted by atomic mass is 9.77. The lowest BCUT2D eigenvalue weighted by Gasteiger charge is -2.41. The fourth-order valence-corrected chi connectivity index (χ4v) is 3.37. The van der Waals surface area contributed by atoms with E-state index in [1.807, 2.05) is 0 Å². The number of nitrogens with one attached hydrogen (secondary N) is 1. The number of aromatic hydroxyl groups is 1. The first-order valence-electron chi connectivity index (χ1n) is 8.27. The number of phenols is 1. The molecule has 2 heterocycles. The summed E-state index contributed by atoms with van der Waals surface area (Å²) in [6.45, 7) is 1.75. The molecular weight excluding hydrogens is 363 g/mol. The fourth-order valence-electron chi connectivity index (χ4n) is 3.37. The topological polar surface area (TPSA) is 91.4 Å². The summed E-state index contributed by atoms with van der Waals surface area (Å²) in [4.78, 5) is 0. The van der Waals surface area contributed by atoms with Crippen molar-refractivity contribution in [3.8, 4) is 17.0 Å². The Kier molecular flexibility index (Phi) is 3.81. The van der Waals surface area contributed by atoms with Crippen molar-refractivity contribution in [1.82, 2.24) is 10.2 Å². The van der Waals surface area contributed by atoms with E-state index in [0.717, 1.165) is 12.1 Å². The van der Waals surface area contributed by atoms with Gasteiger partial charge in [0.25, 0.3) is 0 Å². The van der Waals surface area contributed by atoms with Crippen molar-refractivity contribution in [2.24, 2.45) is 0 Å². The summed E-state index contributed by atoms with van der Waals surface area (Å²) < 4.78 is 43.8. The van der Waals surface area contributed by atoms with Crippen molar-refractivity contribution < 1.29 is 27.8 Å². The van der Waals surface area contributed by atoms with Gasteiger partial charge in [-0.1, -0.05) is 0 Å². The number of hydrogen-bond donors (Lipinski definition) is 3. The van der Waals surface area contributed by atoms with E-state index < -0.39 is 23.1 Å². The van der Waals surface area contributed by atoms with E-state index in [4.69, 9.17) is 4.42 Å². The lowest BCUT2D eigenvalue weighted by Crippen LogP contribution is -2.48. The number of fused-ring (bicyclic) bond motifs is 1. The molecule has 1 aliphatic carbocycles. The molecule has 3 N–H and O–H groups in total. The Hall–Kier alpha value is -2.81. The molecule has 142 valence electrons. The van der Waals surface area contributed by atoms with Gasteiger partial charge in [0.2, 0.25) is 0 Å². The molecule has 0 spiro atoms. The second-order valence-corrected chi connectivity index (χ2v) is 7.04. The maximum absolute atomic E-state index is 12.8. The molecule has 4 rings (SSSR count). The molecule has 0 radical (unpaired) electrons. The minimum Gasteiger partial charge on any atom is -0.507 e. The number of rotatable bonds is 3. The Morgan fingerprint density at radius 2 is 1.96 bits per heavy atom. The predicted octanol–water partition coefficient (Wildman–Crippen LogP) is 3.94. The van der Waals surface area contributed by atoms with Crippen molar-refractivity contribution in [3.63, 3.8) is 0 Å². The van der Waals surface area contributed by atoms with Crippen LogP contribution >= 0.6 is 0 Å². The Balaban J connectivity index is 1.70. The summed E-state index contributed by atoms with van der Waals surface area (Å²) in [6.07, 6.45) is -2.01. The second-order valence-electron chi connectivity index (χ2n) is 7.04. The Morgan fingerprint density at radius 1 is 1.22 bits per heavy atom. The molecule has 2 aromatic heterocycles. The molecule has 1 fully saturated rings. The van der Waals surface area contributed by atoms with Crippen LogP contribution in [0.1, 0.15) is 25.3 Å². The second kappa shape index (κ2) is 5.85. The summed E-state index contributed by atoms with van der Waals surface area (Å²) in [5.41, 5.74) is -1.12. The van der Waals surface area contributed by atoms with Crippen LogP contribution in [0.4, 0.5) is 19.0 Å². The maximum atomic E-state index is 12.8. The van der Waals surface area contributed by atoms with Crippen LogP contribution in [0.15, 0.2) is 34.9 Å². The summed E-state index contributed by atoms with van der Waals surface area (Å²) in [7, 11) is 0. The van der Waals surface area contributed by atoms with E-state index in [2.05, 4.69) is 15.5 Å². The normalized spacial score (nSPS) is 22.6. The number of anilines is 1. The average molecular weight is 379 g/mol. The zero-order valence-corrected chi connectivity index (χ0v) is 14.2. The fraction of sp³-hybridized carbons (Fsp3) is 0.333. The number of aromatic nitrogens is 2. The first kappa shape index (κ1) is 17.6. The Morgan fingerprint density at radius 3 is 2.59 bits per heavy atom. The number of alkyl halides is 3. The largest absolute Gasteiger partial charge is 0.507 e. The monoisotopic (exact) mass is 379 g/mol. The zero-order chi connectivity index (χ0) is 19.4. The van der Waals surface area contributed by atoms with E-state index in [1.165, 1.54) is 6.26 Å². The number of benzene rings is 1. The molecule has 1 saturated carbocycles. The minimum atomic E-state index is -4.56. The SMILES string of the molecule is CC1(O)CC(Nc2nnc(-c3ccc(C(F)(F)F)cc3O)c3occc23)C1.